The number of nitrogens with one attached hydrogen (secondary N) is 5. The van der Waals surface area contributed by atoms with E-state index in [0.29, 0.717) is 56.3 Å². The number of rotatable bonds is 6. The number of anilines is 7. The summed E-state index contributed by atoms with van der Waals surface area (Å²) in [5.41, 5.74) is 37.3. The fourth-order valence-corrected chi connectivity index (χ4v) is 11.0. The minimum absolute atomic E-state index is 0.498. The third-order valence-corrected chi connectivity index (χ3v) is 16.6. The molecule has 0 fully saturated rings. The maximum atomic E-state index is 5.70. The van der Waals surface area contributed by atoms with Crippen LogP contribution in [0.1, 0.15) is 27.8 Å². The summed E-state index contributed by atoms with van der Waals surface area (Å²) >= 11 is 0. The van der Waals surface area contributed by atoms with Gasteiger partial charge in [0.05, 0.1) is 142 Å². The number of nitrogen functional groups attached to an aromatic ring is 3. The number of nitrogens with two attached hydrogens (primary N) is 3. The fourth-order valence-electron chi connectivity index (χ4n) is 11.0. The molecular weight excluding hydrogens is 1340 g/mol. The molecule has 0 saturated heterocycles. The molecule has 11 N–H and O–H groups in total. The molecule has 4 aliphatic heterocycles. The van der Waals surface area contributed by atoms with Crippen molar-refractivity contribution in [3.8, 4) is 58.0 Å². The quantitative estimate of drug-likeness (QED) is 0.0717. The average Bonchev–Trinajstić information content (AvgIpc) is 1.31. The number of nitrogens with zero attached hydrogens (tertiary/aromatic N) is 14. The van der Waals surface area contributed by atoms with E-state index in [9.17, 15) is 0 Å². The molecule has 10 aromatic heterocycles. The molecule has 18 rings (SSSR count). The van der Waals surface area contributed by atoms with Crippen molar-refractivity contribution in [3.63, 3.8) is 0 Å². The monoisotopic (exact) mass is 1430 g/mol. The molecule has 0 atom stereocenters. The van der Waals surface area contributed by atoms with Crippen molar-refractivity contribution >= 4 is 95.1 Å². The summed E-state index contributed by atoms with van der Waals surface area (Å²) in [7, 11) is 17.5. The lowest BCUT2D eigenvalue weighted by atomic mass is 10.2. The first-order chi connectivity index (χ1) is 50.8. The first kappa shape index (κ1) is 74.3. The number of methoxy groups -OCH3 is 6. The Morgan fingerprint density at radius 2 is 0.886 bits per heavy atom. The minimum atomic E-state index is 0.498. The van der Waals surface area contributed by atoms with Crippen LogP contribution in [0.4, 0.5) is 39.9 Å². The molecule has 548 valence electrons. The molecule has 0 bridgehead atoms. The zero-order valence-electron chi connectivity index (χ0n) is 61.1. The van der Waals surface area contributed by atoms with Crippen LogP contribution in [0.5, 0.6) is 58.0 Å². The van der Waals surface area contributed by atoms with E-state index in [1.54, 1.807) is 105 Å². The molecule has 0 radical (unpaired) electrons. The molecular formula is C73H86N22O10. The predicted octanol–water partition coefficient (Wildman–Crippen LogP) is 11.0. The number of hydrogen-bond donors (Lipinski definition) is 8. The van der Waals surface area contributed by atoms with E-state index < -0.39 is 0 Å². The van der Waals surface area contributed by atoms with Crippen LogP contribution in [0.15, 0.2) is 135 Å². The summed E-state index contributed by atoms with van der Waals surface area (Å²) in [6.45, 7) is 12.2. The van der Waals surface area contributed by atoms with Crippen LogP contribution in [0.3, 0.4) is 0 Å². The van der Waals surface area contributed by atoms with Crippen molar-refractivity contribution in [2.45, 2.75) is 34.6 Å². The van der Waals surface area contributed by atoms with Gasteiger partial charge in [-0.2, -0.15) is 0 Å². The standard InChI is InChI=1S/2C9H11NO2.2C8H9N3O.2C8H9N3.2C8H10N2O2.C7H8N4/c1-6-3-4-7(11-2)9-8(6)10-5-12-9;1-10-6-12-9-7(10)4-3-5-8(9)11-2;1-5-3-9-8(12-2)7-6(5)10-4-11-7;1-11-5-10-7-6(11)3-4-9-8(7)12-2;1-5-2-3-6(9)8-7(5)10-4-11-8;1-11-5-10-8-6(9)3-2-4-7(8)11;1-5-3-9-8(11-2)7-6(5)10-4-12-7;1-10-5-12-7-6(10)3-4-9-8(7)11-2;1-4-2-9-7(8)6-5(4)10-3-11-6/h3-4,10H,5H2,1-2H3;3-5H,6H2,1-2H3;3-4H,1-2H3,(H,10,11);3-5H,1-2H3;2-4H,9H2,1H3,(H,10,11);2-5H,9H2,1H3;3,10H,4H2,1-2H3;3-4H,5H2,1-2H3;2-3H,1H3,(H2,8,9)(H,10,11). The Morgan fingerprint density at radius 3 is 1.52 bits per heavy atom. The number of hydrogen-bond acceptors (Lipinski definition) is 27. The molecule has 0 aliphatic carbocycles. The lowest BCUT2D eigenvalue weighted by Gasteiger charge is -2.07. The number of ether oxygens (including phenoxy) is 10. The SMILES string of the molecule is COc1ccc(C)c2c1OCN2.COc1cccc2c1OCN2C.COc1ncc(C)c2c1OCN2.COc1ncc(C)c2nc[nH]c12.COc1nccc2c1OCN2C.COc1nccc2c1ncn2C.Cc1ccc(N)c2[nH]cnc12.Cc1cnc(N)c2[nH]cnc12.Cn1cnc2c(N)cccc21. The summed E-state index contributed by atoms with van der Waals surface area (Å²) in [6.07, 6.45) is 17.1. The van der Waals surface area contributed by atoms with Gasteiger partial charge in [-0.1, -0.05) is 24.3 Å². The number of H-pyrrole nitrogens is 3. The molecule has 0 spiro atoms. The van der Waals surface area contributed by atoms with Crippen LogP contribution in [0, 0.1) is 34.6 Å². The summed E-state index contributed by atoms with van der Waals surface area (Å²) in [5.74, 6) is 7.50. The van der Waals surface area contributed by atoms with Gasteiger partial charge in [0.25, 0.3) is 11.8 Å². The Balaban J connectivity index is 0.000000127. The van der Waals surface area contributed by atoms with Gasteiger partial charge in [0.2, 0.25) is 23.3 Å². The largest absolute Gasteiger partial charge is 0.493 e. The first-order valence-electron chi connectivity index (χ1n) is 32.7. The van der Waals surface area contributed by atoms with Gasteiger partial charge in [0.15, 0.2) is 55.4 Å². The number of pyridine rings is 5. The molecule has 0 amide bonds. The summed E-state index contributed by atoms with van der Waals surface area (Å²) < 4.78 is 55.8. The number of aryl methyl sites for hydroxylation is 7. The number of benzene rings is 4. The zero-order valence-corrected chi connectivity index (χ0v) is 61.1. The first-order valence-corrected chi connectivity index (χ1v) is 32.7. The van der Waals surface area contributed by atoms with Crippen molar-refractivity contribution in [2.75, 3.05) is 121 Å². The Bertz CT molecular complexity index is 4950. The number of aromatic nitrogens is 15. The maximum Gasteiger partial charge on any atom is 0.259 e. The van der Waals surface area contributed by atoms with Crippen molar-refractivity contribution in [3.05, 3.63) is 163 Å². The second-order valence-corrected chi connectivity index (χ2v) is 23.5. The second kappa shape index (κ2) is 34.3. The number of imidazole rings is 5. The fraction of sp³-hybridized carbons (Fsp3) is 0.260. The van der Waals surface area contributed by atoms with E-state index in [-0.39, 0.29) is 0 Å². The van der Waals surface area contributed by atoms with Gasteiger partial charge in [-0.3, -0.25) is 0 Å². The van der Waals surface area contributed by atoms with Crippen LogP contribution in [-0.2, 0) is 14.1 Å². The highest BCUT2D eigenvalue weighted by Crippen LogP contribution is 2.43. The Morgan fingerprint density at radius 1 is 0.381 bits per heavy atom. The van der Waals surface area contributed by atoms with Gasteiger partial charge in [-0.15, -0.1) is 0 Å². The highest BCUT2D eigenvalue weighted by molar-refractivity contribution is 5.90. The van der Waals surface area contributed by atoms with Crippen LogP contribution in [-0.4, -0.2) is 158 Å². The van der Waals surface area contributed by atoms with E-state index in [1.165, 1.54) is 5.56 Å². The molecule has 14 heterocycles. The second-order valence-electron chi connectivity index (χ2n) is 23.5. The van der Waals surface area contributed by atoms with Crippen LogP contribution in [0.25, 0.3) is 55.2 Å². The third kappa shape index (κ3) is 16.8. The van der Waals surface area contributed by atoms with Crippen molar-refractivity contribution in [2.24, 2.45) is 14.1 Å². The van der Waals surface area contributed by atoms with Gasteiger partial charge < -0.3 is 109 Å². The average molecular weight is 1430 g/mol. The molecule has 4 aromatic carbocycles. The van der Waals surface area contributed by atoms with E-state index in [0.717, 1.165) is 146 Å². The number of para-hydroxylation sites is 2. The smallest absolute Gasteiger partial charge is 0.259 e. The summed E-state index contributed by atoms with van der Waals surface area (Å²) in [6, 6.07) is 23.3. The molecule has 32 nitrogen and oxygen atoms in total. The van der Waals surface area contributed by atoms with E-state index in [4.69, 9.17) is 64.6 Å². The molecule has 0 saturated carbocycles. The molecule has 32 heteroatoms. The van der Waals surface area contributed by atoms with Gasteiger partial charge in [-0.05, 0) is 111 Å². The van der Waals surface area contributed by atoms with Crippen LogP contribution < -0.4 is 85.0 Å². The Hall–Kier alpha value is -13.4. The maximum absolute atomic E-state index is 5.70. The van der Waals surface area contributed by atoms with E-state index >= 15 is 0 Å². The zero-order chi connectivity index (χ0) is 74.8. The third-order valence-electron chi connectivity index (χ3n) is 16.6. The molecule has 14 aromatic rings. The van der Waals surface area contributed by atoms with E-state index in [2.05, 4.69) is 75.4 Å². The summed E-state index contributed by atoms with van der Waals surface area (Å²) in [4.78, 5) is 53.9. The van der Waals surface area contributed by atoms with Crippen molar-refractivity contribution in [1.29, 1.82) is 0 Å². The molecule has 0 unspecified atom stereocenters. The Kier molecular flexibility index (Phi) is 24.3. The predicted molar refractivity (Wildman–Crippen MR) is 407 cm³/mol. The lowest BCUT2D eigenvalue weighted by Crippen LogP contribution is -2.14. The van der Waals surface area contributed by atoms with Gasteiger partial charge in [0, 0.05) is 59.2 Å². The van der Waals surface area contributed by atoms with Crippen molar-refractivity contribution < 1.29 is 47.4 Å². The van der Waals surface area contributed by atoms with Gasteiger partial charge in [0.1, 0.15) is 22.4 Å². The highest BCUT2D eigenvalue weighted by atomic mass is 16.5. The van der Waals surface area contributed by atoms with Crippen molar-refractivity contribution in [1.82, 2.24) is 73.9 Å². The minimum Gasteiger partial charge on any atom is -0.493 e. The number of aromatic amines is 3. The van der Waals surface area contributed by atoms with Gasteiger partial charge in [-0.25, -0.2) is 49.8 Å². The van der Waals surface area contributed by atoms with Crippen LogP contribution >= 0.6 is 0 Å². The topological polar surface area (TPSA) is 387 Å². The normalized spacial score (nSPS) is 12.0. The van der Waals surface area contributed by atoms with Crippen LogP contribution in [0.2, 0.25) is 0 Å². The highest BCUT2D eigenvalue weighted by Gasteiger charge is 2.24. The summed E-state index contributed by atoms with van der Waals surface area (Å²) in [5, 5.41) is 6.24. The molecule has 4 aliphatic rings. The molecule has 105 heavy (non-hydrogen) atoms. The lowest BCUT2D eigenvalue weighted by molar-refractivity contribution is 0.317. The van der Waals surface area contributed by atoms with Gasteiger partial charge >= 0.3 is 0 Å². The van der Waals surface area contributed by atoms with E-state index in [1.807, 2.05) is 155 Å². The number of fused-ring (bicyclic) bond motifs is 9. The Labute approximate surface area is 605 Å².